The van der Waals surface area contributed by atoms with E-state index in [-0.39, 0.29) is 23.9 Å². The third-order valence-electron chi connectivity index (χ3n) is 4.08. The minimum Gasteiger partial charge on any atom is -0.459 e. The average molecular weight is 446 g/mol. The van der Waals surface area contributed by atoms with Crippen molar-refractivity contribution < 1.29 is 17.6 Å². The third-order valence-corrected chi connectivity index (χ3v) is 6.14. The van der Waals surface area contributed by atoms with Crippen molar-refractivity contribution in [3.8, 4) is 0 Å². The number of furan rings is 1. The fourth-order valence-corrected chi connectivity index (χ4v) is 4.21. The Morgan fingerprint density at radius 3 is 2.43 bits per heavy atom. The van der Waals surface area contributed by atoms with Crippen LogP contribution in [0, 0.1) is 0 Å². The summed E-state index contributed by atoms with van der Waals surface area (Å²) in [6.45, 7) is 1.51. The first-order chi connectivity index (χ1) is 14.3. The molecule has 3 aromatic rings. The van der Waals surface area contributed by atoms with Gasteiger partial charge in [0.25, 0.3) is 0 Å². The molecule has 1 amide bonds. The molecule has 0 spiro atoms. The van der Waals surface area contributed by atoms with E-state index in [9.17, 15) is 13.2 Å². The van der Waals surface area contributed by atoms with Crippen LogP contribution < -0.4 is 5.43 Å². The number of hydrogen-bond donors (Lipinski definition) is 1. The molecule has 30 heavy (non-hydrogen) atoms. The lowest BCUT2D eigenvalue weighted by molar-refractivity contribution is -0.118. The Bertz CT molecular complexity index is 1130. The summed E-state index contributed by atoms with van der Waals surface area (Å²) in [5.74, 6) is 0.524. The molecule has 0 saturated heterocycles. The van der Waals surface area contributed by atoms with Gasteiger partial charge in [-0.15, -0.1) is 0 Å². The van der Waals surface area contributed by atoms with Crippen molar-refractivity contribution in [1.29, 1.82) is 0 Å². The van der Waals surface area contributed by atoms with Gasteiger partial charge in [0.2, 0.25) is 15.9 Å². The second kappa shape index (κ2) is 9.71. The fourth-order valence-electron chi connectivity index (χ4n) is 2.67. The molecule has 0 aliphatic rings. The summed E-state index contributed by atoms with van der Waals surface area (Å²) in [7, 11) is -3.78. The fraction of sp³-hybridized carbons (Fsp3) is 0.143. The lowest BCUT2D eigenvalue weighted by atomic mass is 10.2. The monoisotopic (exact) mass is 445 g/mol. The van der Waals surface area contributed by atoms with Gasteiger partial charge in [-0.3, -0.25) is 4.79 Å². The lowest BCUT2D eigenvalue weighted by Crippen LogP contribution is -2.30. The van der Waals surface area contributed by atoms with Crippen LogP contribution in [0.5, 0.6) is 0 Å². The van der Waals surface area contributed by atoms with Crippen molar-refractivity contribution in [3.05, 3.63) is 88.8 Å². The van der Waals surface area contributed by atoms with Gasteiger partial charge in [0.1, 0.15) is 11.5 Å². The van der Waals surface area contributed by atoms with Crippen LogP contribution in [-0.2, 0) is 27.9 Å². The maximum Gasteiger partial charge on any atom is 0.243 e. The van der Waals surface area contributed by atoms with Crippen LogP contribution in [0.2, 0.25) is 5.02 Å². The highest BCUT2D eigenvalue weighted by molar-refractivity contribution is 7.89. The first-order valence-electron chi connectivity index (χ1n) is 9.02. The van der Waals surface area contributed by atoms with E-state index in [0.29, 0.717) is 16.5 Å². The molecular weight excluding hydrogens is 426 g/mol. The van der Waals surface area contributed by atoms with E-state index in [4.69, 9.17) is 16.0 Å². The van der Waals surface area contributed by atoms with E-state index in [1.165, 1.54) is 17.4 Å². The molecule has 3 rings (SSSR count). The summed E-state index contributed by atoms with van der Waals surface area (Å²) in [5.41, 5.74) is 3.07. The van der Waals surface area contributed by atoms with E-state index in [2.05, 4.69) is 10.5 Å². The van der Waals surface area contributed by atoms with Gasteiger partial charge in [0.15, 0.2) is 0 Å². The zero-order valence-corrected chi connectivity index (χ0v) is 17.7. The Hall–Kier alpha value is -2.94. The zero-order valence-electron chi connectivity index (χ0n) is 16.2. The standard InChI is InChI=1S/C21H20ClN3O4S/c1-16(26)24-23-13-19-11-12-20(29-19)15-25(14-17-7-9-18(22)10-8-17)30(27,28)21-5-3-2-4-6-21/h2-13H,14-15H2,1H3,(H,24,26)/b23-13-. The highest BCUT2D eigenvalue weighted by atomic mass is 35.5. The molecule has 0 saturated carbocycles. The summed E-state index contributed by atoms with van der Waals surface area (Å²) < 4.78 is 33.5. The Morgan fingerprint density at radius 1 is 1.07 bits per heavy atom. The first-order valence-corrected chi connectivity index (χ1v) is 10.8. The maximum absolute atomic E-state index is 13.2. The number of amides is 1. The van der Waals surface area contributed by atoms with Gasteiger partial charge < -0.3 is 4.42 Å². The maximum atomic E-state index is 13.2. The summed E-state index contributed by atoms with van der Waals surface area (Å²) in [6, 6.07) is 18.5. The van der Waals surface area contributed by atoms with Crippen LogP contribution in [-0.4, -0.2) is 24.8 Å². The molecule has 7 nitrogen and oxygen atoms in total. The number of nitrogens with one attached hydrogen (secondary N) is 1. The second-order valence-electron chi connectivity index (χ2n) is 6.44. The van der Waals surface area contributed by atoms with E-state index in [1.807, 2.05) is 0 Å². The largest absolute Gasteiger partial charge is 0.459 e. The molecule has 0 aliphatic carbocycles. The van der Waals surface area contributed by atoms with E-state index >= 15 is 0 Å². The van der Waals surface area contributed by atoms with E-state index in [1.54, 1.807) is 66.7 Å². The molecule has 0 unspecified atom stereocenters. The molecule has 0 aliphatic heterocycles. The van der Waals surface area contributed by atoms with Crippen molar-refractivity contribution in [2.45, 2.75) is 24.9 Å². The third kappa shape index (κ3) is 5.79. The molecule has 2 aromatic carbocycles. The number of carbonyl (C=O) groups excluding carboxylic acids is 1. The van der Waals surface area contributed by atoms with Crippen LogP contribution in [0.4, 0.5) is 0 Å². The van der Waals surface area contributed by atoms with Gasteiger partial charge in [-0.1, -0.05) is 41.9 Å². The van der Waals surface area contributed by atoms with Crippen molar-refractivity contribution in [2.24, 2.45) is 5.10 Å². The summed E-state index contributed by atoms with van der Waals surface area (Å²) >= 11 is 5.94. The zero-order chi connectivity index (χ0) is 21.6. The van der Waals surface area contributed by atoms with Crippen molar-refractivity contribution in [2.75, 3.05) is 0 Å². The topological polar surface area (TPSA) is 92.0 Å². The van der Waals surface area contributed by atoms with Crippen LogP contribution in [0.15, 0.2) is 81.1 Å². The minimum atomic E-state index is -3.78. The molecule has 9 heteroatoms. The van der Waals surface area contributed by atoms with Gasteiger partial charge in [-0.05, 0) is 42.0 Å². The highest BCUT2D eigenvalue weighted by Gasteiger charge is 2.26. The molecule has 156 valence electrons. The molecule has 0 atom stereocenters. The number of rotatable bonds is 8. The van der Waals surface area contributed by atoms with Crippen LogP contribution in [0.25, 0.3) is 0 Å². The average Bonchev–Trinajstić information content (AvgIpc) is 3.17. The SMILES string of the molecule is CC(=O)N/N=C\c1ccc(CN(Cc2ccc(Cl)cc2)S(=O)(=O)c2ccccc2)o1. The molecule has 0 fully saturated rings. The first kappa shape index (κ1) is 21.8. The summed E-state index contributed by atoms with van der Waals surface area (Å²) in [4.78, 5) is 11.1. The van der Waals surface area contributed by atoms with Gasteiger partial charge in [0.05, 0.1) is 17.7 Å². The quantitative estimate of drug-likeness (QED) is 0.421. The second-order valence-corrected chi connectivity index (χ2v) is 8.82. The predicted octanol–water partition coefficient (Wildman–Crippen LogP) is 3.79. The Balaban J connectivity index is 1.86. The number of halogens is 1. The molecule has 0 radical (unpaired) electrons. The molecular formula is C21H20ClN3O4S. The van der Waals surface area contributed by atoms with Crippen LogP contribution >= 0.6 is 11.6 Å². The van der Waals surface area contributed by atoms with Crippen LogP contribution in [0.1, 0.15) is 24.0 Å². The number of hydrazone groups is 1. The molecule has 1 aromatic heterocycles. The molecule has 1 heterocycles. The van der Waals surface area contributed by atoms with Crippen molar-refractivity contribution in [3.63, 3.8) is 0 Å². The Kier molecular flexibility index (Phi) is 7.04. The van der Waals surface area contributed by atoms with Crippen LogP contribution in [0.3, 0.4) is 0 Å². The van der Waals surface area contributed by atoms with Gasteiger partial charge >= 0.3 is 0 Å². The normalized spacial score (nSPS) is 11.8. The smallest absolute Gasteiger partial charge is 0.243 e. The summed E-state index contributed by atoms with van der Waals surface area (Å²) in [5, 5.41) is 4.32. The van der Waals surface area contributed by atoms with Crippen molar-refractivity contribution >= 4 is 33.7 Å². The van der Waals surface area contributed by atoms with E-state index in [0.717, 1.165) is 5.56 Å². The predicted molar refractivity (Wildman–Crippen MR) is 114 cm³/mol. The molecule has 1 N–H and O–H groups in total. The van der Waals surface area contributed by atoms with Gasteiger partial charge in [0, 0.05) is 18.5 Å². The number of hydrogen-bond acceptors (Lipinski definition) is 5. The highest BCUT2D eigenvalue weighted by Crippen LogP contribution is 2.22. The Labute approximate surface area is 180 Å². The number of carbonyl (C=O) groups is 1. The summed E-state index contributed by atoms with van der Waals surface area (Å²) in [6.07, 6.45) is 1.35. The lowest BCUT2D eigenvalue weighted by Gasteiger charge is -2.21. The van der Waals surface area contributed by atoms with Crippen molar-refractivity contribution in [1.82, 2.24) is 9.73 Å². The Morgan fingerprint density at radius 2 is 1.77 bits per heavy atom. The van der Waals surface area contributed by atoms with E-state index < -0.39 is 10.0 Å². The minimum absolute atomic E-state index is 0.0217. The number of sulfonamides is 1. The number of benzene rings is 2. The van der Waals surface area contributed by atoms with Gasteiger partial charge in [-0.25, -0.2) is 13.8 Å². The molecule has 0 bridgehead atoms. The van der Waals surface area contributed by atoms with Gasteiger partial charge in [-0.2, -0.15) is 9.41 Å². The number of nitrogens with zero attached hydrogens (tertiary/aromatic N) is 2.